The molecule has 3 N–H and O–H groups in total. The van der Waals surface area contributed by atoms with Crippen molar-refractivity contribution in [2.45, 2.75) is 25.3 Å². The van der Waals surface area contributed by atoms with E-state index in [2.05, 4.69) is 22.2 Å². The first-order valence-electron chi connectivity index (χ1n) is 5.91. The van der Waals surface area contributed by atoms with E-state index in [0.717, 1.165) is 12.2 Å². The van der Waals surface area contributed by atoms with Crippen LogP contribution in [0.5, 0.6) is 0 Å². The van der Waals surface area contributed by atoms with Gasteiger partial charge >= 0.3 is 0 Å². The standard InChI is InChI=1S/C12H20N4/c1-16-7-3-2-4-11(16)9-14-10-5-6-12(13)15-8-10/h5-6,8,11,14H,2-4,7,9H2,1H3,(H2,13,15). The average Bonchev–Trinajstić information content (AvgIpc) is 2.30. The van der Waals surface area contributed by atoms with Crippen LogP contribution in [0.4, 0.5) is 11.5 Å². The molecule has 16 heavy (non-hydrogen) atoms. The van der Waals surface area contributed by atoms with E-state index >= 15 is 0 Å². The minimum atomic E-state index is 0.570. The number of piperidine rings is 1. The maximum atomic E-state index is 5.54. The molecular formula is C12H20N4. The number of hydrogen-bond acceptors (Lipinski definition) is 4. The Morgan fingerprint density at radius 1 is 1.50 bits per heavy atom. The second-order valence-electron chi connectivity index (χ2n) is 4.48. The number of anilines is 2. The molecule has 2 rings (SSSR count). The largest absolute Gasteiger partial charge is 0.384 e. The molecule has 1 aromatic heterocycles. The Labute approximate surface area is 96.8 Å². The molecule has 1 saturated heterocycles. The Hall–Kier alpha value is -1.29. The van der Waals surface area contributed by atoms with Crippen LogP contribution in [0.25, 0.3) is 0 Å². The molecule has 1 unspecified atom stereocenters. The van der Waals surface area contributed by atoms with Gasteiger partial charge in [-0.1, -0.05) is 6.42 Å². The van der Waals surface area contributed by atoms with Gasteiger partial charge in [-0.25, -0.2) is 4.98 Å². The predicted octanol–water partition coefficient (Wildman–Crippen LogP) is 1.56. The molecule has 88 valence electrons. The first kappa shape index (κ1) is 11.2. The van der Waals surface area contributed by atoms with Gasteiger partial charge in [-0.15, -0.1) is 0 Å². The summed E-state index contributed by atoms with van der Waals surface area (Å²) in [5.74, 6) is 0.570. The van der Waals surface area contributed by atoms with Gasteiger partial charge in [0.2, 0.25) is 0 Å². The molecule has 0 saturated carbocycles. The summed E-state index contributed by atoms with van der Waals surface area (Å²) in [6.45, 7) is 2.20. The molecule has 4 nitrogen and oxygen atoms in total. The number of rotatable bonds is 3. The summed E-state index contributed by atoms with van der Waals surface area (Å²) in [6.07, 6.45) is 5.75. The molecule has 1 atom stereocenters. The highest BCUT2D eigenvalue weighted by Gasteiger charge is 2.18. The molecule has 2 heterocycles. The lowest BCUT2D eigenvalue weighted by Gasteiger charge is -2.32. The van der Waals surface area contributed by atoms with Gasteiger partial charge in [0.25, 0.3) is 0 Å². The van der Waals surface area contributed by atoms with Gasteiger partial charge in [0.1, 0.15) is 5.82 Å². The van der Waals surface area contributed by atoms with Crippen molar-refractivity contribution in [2.75, 3.05) is 31.2 Å². The van der Waals surface area contributed by atoms with E-state index in [0.29, 0.717) is 11.9 Å². The van der Waals surface area contributed by atoms with E-state index in [1.54, 1.807) is 6.20 Å². The predicted molar refractivity (Wildman–Crippen MR) is 67.4 cm³/mol. The lowest BCUT2D eigenvalue weighted by molar-refractivity contribution is 0.194. The smallest absolute Gasteiger partial charge is 0.123 e. The second-order valence-corrected chi connectivity index (χ2v) is 4.48. The number of nitrogens with zero attached hydrogens (tertiary/aromatic N) is 2. The third kappa shape index (κ3) is 2.85. The zero-order valence-electron chi connectivity index (χ0n) is 9.82. The third-order valence-corrected chi connectivity index (χ3v) is 3.25. The van der Waals surface area contributed by atoms with Crippen molar-refractivity contribution in [3.8, 4) is 0 Å². The zero-order chi connectivity index (χ0) is 11.4. The third-order valence-electron chi connectivity index (χ3n) is 3.25. The van der Waals surface area contributed by atoms with Crippen molar-refractivity contribution < 1.29 is 0 Å². The van der Waals surface area contributed by atoms with Gasteiger partial charge in [0, 0.05) is 12.6 Å². The topological polar surface area (TPSA) is 54.2 Å². The fraction of sp³-hybridized carbons (Fsp3) is 0.583. The van der Waals surface area contributed by atoms with Gasteiger partial charge in [-0.3, -0.25) is 0 Å². The first-order chi connectivity index (χ1) is 7.75. The summed E-state index contributed by atoms with van der Waals surface area (Å²) in [5.41, 5.74) is 6.59. The number of nitrogens with one attached hydrogen (secondary N) is 1. The number of likely N-dealkylation sites (tertiary alicyclic amines) is 1. The lowest BCUT2D eigenvalue weighted by Crippen LogP contribution is -2.40. The van der Waals surface area contributed by atoms with Gasteiger partial charge in [-0.2, -0.15) is 0 Å². The first-order valence-corrected chi connectivity index (χ1v) is 5.91. The Morgan fingerprint density at radius 3 is 3.06 bits per heavy atom. The maximum absolute atomic E-state index is 5.54. The Balaban J connectivity index is 1.84. The number of hydrogen-bond donors (Lipinski definition) is 2. The second kappa shape index (κ2) is 5.16. The van der Waals surface area contributed by atoms with Gasteiger partial charge in [0.15, 0.2) is 0 Å². The Kier molecular flexibility index (Phi) is 3.62. The number of nitrogens with two attached hydrogens (primary N) is 1. The van der Waals surface area contributed by atoms with Crippen molar-refractivity contribution in [3.63, 3.8) is 0 Å². The van der Waals surface area contributed by atoms with Crippen LogP contribution in [-0.2, 0) is 0 Å². The number of likely N-dealkylation sites (N-methyl/N-ethyl adjacent to an activating group) is 1. The van der Waals surface area contributed by atoms with Crippen molar-refractivity contribution in [1.29, 1.82) is 0 Å². The van der Waals surface area contributed by atoms with Crippen LogP contribution >= 0.6 is 0 Å². The monoisotopic (exact) mass is 220 g/mol. The minimum absolute atomic E-state index is 0.570. The molecule has 1 aliphatic heterocycles. The van der Waals surface area contributed by atoms with Crippen LogP contribution in [0, 0.1) is 0 Å². The highest BCUT2D eigenvalue weighted by Crippen LogP contribution is 2.16. The normalized spacial score (nSPS) is 21.9. The molecule has 0 bridgehead atoms. The van der Waals surface area contributed by atoms with Crippen molar-refractivity contribution in [2.24, 2.45) is 0 Å². The summed E-state index contributed by atoms with van der Waals surface area (Å²) in [6, 6.07) is 4.45. The molecule has 0 aliphatic carbocycles. The molecular weight excluding hydrogens is 200 g/mol. The minimum Gasteiger partial charge on any atom is -0.384 e. The van der Waals surface area contributed by atoms with Crippen LogP contribution in [-0.4, -0.2) is 36.1 Å². The summed E-state index contributed by atoms with van der Waals surface area (Å²) in [4.78, 5) is 6.50. The van der Waals surface area contributed by atoms with Crippen LogP contribution in [0.2, 0.25) is 0 Å². The van der Waals surface area contributed by atoms with E-state index in [1.165, 1.54) is 25.8 Å². The van der Waals surface area contributed by atoms with Crippen molar-refractivity contribution in [3.05, 3.63) is 18.3 Å². The SMILES string of the molecule is CN1CCCCC1CNc1ccc(N)nc1. The Bertz CT molecular complexity index is 322. The van der Waals surface area contributed by atoms with Crippen LogP contribution in [0.15, 0.2) is 18.3 Å². The molecule has 1 aromatic rings. The quantitative estimate of drug-likeness (QED) is 0.811. The van der Waals surface area contributed by atoms with Crippen LogP contribution < -0.4 is 11.1 Å². The fourth-order valence-corrected chi connectivity index (χ4v) is 2.15. The van der Waals surface area contributed by atoms with Crippen LogP contribution in [0.1, 0.15) is 19.3 Å². The van der Waals surface area contributed by atoms with Gasteiger partial charge in [0.05, 0.1) is 11.9 Å². The molecule has 0 amide bonds. The van der Waals surface area contributed by atoms with E-state index in [1.807, 2.05) is 12.1 Å². The van der Waals surface area contributed by atoms with Crippen molar-refractivity contribution in [1.82, 2.24) is 9.88 Å². The number of nitrogen functional groups attached to an aromatic ring is 1. The highest BCUT2D eigenvalue weighted by molar-refractivity contribution is 5.45. The number of pyridine rings is 1. The summed E-state index contributed by atoms with van der Waals surface area (Å²) in [7, 11) is 2.20. The zero-order valence-corrected chi connectivity index (χ0v) is 9.82. The fourth-order valence-electron chi connectivity index (χ4n) is 2.15. The molecule has 0 radical (unpaired) electrons. The molecule has 0 aromatic carbocycles. The van der Waals surface area contributed by atoms with Crippen LogP contribution in [0.3, 0.4) is 0 Å². The number of aromatic nitrogens is 1. The molecule has 0 spiro atoms. The van der Waals surface area contributed by atoms with E-state index in [9.17, 15) is 0 Å². The molecule has 1 fully saturated rings. The highest BCUT2D eigenvalue weighted by atomic mass is 15.2. The Morgan fingerprint density at radius 2 is 2.38 bits per heavy atom. The molecule has 4 heteroatoms. The lowest BCUT2D eigenvalue weighted by atomic mass is 10.0. The summed E-state index contributed by atoms with van der Waals surface area (Å²) >= 11 is 0. The summed E-state index contributed by atoms with van der Waals surface area (Å²) in [5, 5.41) is 3.41. The van der Waals surface area contributed by atoms with Gasteiger partial charge in [-0.05, 0) is 38.6 Å². The summed E-state index contributed by atoms with van der Waals surface area (Å²) < 4.78 is 0. The maximum Gasteiger partial charge on any atom is 0.123 e. The average molecular weight is 220 g/mol. The van der Waals surface area contributed by atoms with Gasteiger partial charge < -0.3 is 16.0 Å². The van der Waals surface area contributed by atoms with E-state index in [-0.39, 0.29) is 0 Å². The van der Waals surface area contributed by atoms with E-state index < -0.39 is 0 Å². The molecule has 1 aliphatic rings. The van der Waals surface area contributed by atoms with E-state index in [4.69, 9.17) is 5.73 Å². The van der Waals surface area contributed by atoms with Crippen molar-refractivity contribution >= 4 is 11.5 Å².